The predicted octanol–water partition coefficient (Wildman–Crippen LogP) is 2.35. The molecule has 0 radical (unpaired) electrons. The molecule has 20 heavy (non-hydrogen) atoms. The fraction of sp³-hybridized carbons (Fsp3) is 0.438. The summed E-state index contributed by atoms with van der Waals surface area (Å²) in [5, 5.41) is 0. The van der Waals surface area contributed by atoms with Gasteiger partial charge in [0.05, 0.1) is 14.2 Å². The maximum absolute atomic E-state index is 11.6. The van der Waals surface area contributed by atoms with E-state index in [4.69, 9.17) is 9.47 Å². The maximum Gasteiger partial charge on any atom is 0.323 e. The van der Waals surface area contributed by atoms with Gasteiger partial charge in [-0.1, -0.05) is 24.3 Å². The van der Waals surface area contributed by atoms with Gasteiger partial charge >= 0.3 is 5.97 Å². The second-order valence-corrected chi connectivity index (χ2v) is 4.85. The van der Waals surface area contributed by atoms with E-state index in [1.807, 2.05) is 24.3 Å². The Morgan fingerprint density at radius 1 is 1.35 bits per heavy atom. The molecule has 1 aliphatic rings. The zero-order valence-corrected chi connectivity index (χ0v) is 12.0. The molecule has 1 atom stereocenters. The minimum atomic E-state index is -0.125. The first-order valence-electron chi connectivity index (χ1n) is 6.87. The Labute approximate surface area is 120 Å². The Balaban J connectivity index is 1.90. The summed E-state index contributed by atoms with van der Waals surface area (Å²) >= 11 is 0. The van der Waals surface area contributed by atoms with Gasteiger partial charge in [-0.05, 0) is 37.1 Å². The topological polar surface area (TPSA) is 38.8 Å². The van der Waals surface area contributed by atoms with Crippen LogP contribution in [0.1, 0.15) is 18.4 Å². The standard InChI is InChI=1S/C16H21NO3/c1-19-14-9-7-13(8-10-14)5-3-11-17-12-4-6-15(17)16(18)20-2/h3,5,7-10,15H,4,6,11-12H2,1-2H3/b5-3+. The number of carbonyl (C=O) groups excluding carboxylic acids is 1. The Bertz CT molecular complexity index is 467. The van der Waals surface area contributed by atoms with Crippen LogP contribution < -0.4 is 4.74 Å². The van der Waals surface area contributed by atoms with E-state index < -0.39 is 0 Å². The molecule has 1 aromatic rings. The molecule has 4 heteroatoms. The van der Waals surface area contributed by atoms with Crippen molar-refractivity contribution < 1.29 is 14.3 Å². The summed E-state index contributed by atoms with van der Waals surface area (Å²) in [7, 11) is 3.11. The highest BCUT2D eigenvalue weighted by Crippen LogP contribution is 2.18. The zero-order chi connectivity index (χ0) is 14.4. The molecule has 1 unspecified atom stereocenters. The Hall–Kier alpha value is -1.81. The summed E-state index contributed by atoms with van der Waals surface area (Å²) in [5.41, 5.74) is 1.12. The molecule has 108 valence electrons. The van der Waals surface area contributed by atoms with Gasteiger partial charge < -0.3 is 9.47 Å². The van der Waals surface area contributed by atoms with Crippen LogP contribution in [0.2, 0.25) is 0 Å². The van der Waals surface area contributed by atoms with Gasteiger partial charge in [0.1, 0.15) is 11.8 Å². The average Bonchev–Trinajstić information content (AvgIpc) is 2.95. The lowest BCUT2D eigenvalue weighted by molar-refractivity contribution is -0.145. The van der Waals surface area contributed by atoms with Gasteiger partial charge in [-0.15, -0.1) is 0 Å². The fourth-order valence-electron chi connectivity index (χ4n) is 2.49. The van der Waals surface area contributed by atoms with E-state index >= 15 is 0 Å². The molecular weight excluding hydrogens is 254 g/mol. The van der Waals surface area contributed by atoms with Crippen molar-refractivity contribution in [3.05, 3.63) is 35.9 Å². The zero-order valence-electron chi connectivity index (χ0n) is 12.0. The molecule has 1 aromatic carbocycles. The highest BCUT2D eigenvalue weighted by atomic mass is 16.5. The van der Waals surface area contributed by atoms with Crippen LogP contribution in [0.25, 0.3) is 6.08 Å². The molecule has 0 N–H and O–H groups in total. The van der Waals surface area contributed by atoms with Gasteiger partial charge in [0.15, 0.2) is 0 Å². The molecule has 0 amide bonds. The average molecular weight is 275 g/mol. The van der Waals surface area contributed by atoms with Crippen LogP contribution >= 0.6 is 0 Å². The van der Waals surface area contributed by atoms with Gasteiger partial charge in [0.2, 0.25) is 0 Å². The Morgan fingerprint density at radius 2 is 2.10 bits per heavy atom. The van der Waals surface area contributed by atoms with E-state index in [9.17, 15) is 4.79 Å². The first-order chi connectivity index (χ1) is 9.74. The highest BCUT2D eigenvalue weighted by molar-refractivity contribution is 5.76. The van der Waals surface area contributed by atoms with Crippen molar-refractivity contribution in [1.29, 1.82) is 0 Å². The number of hydrogen-bond acceptors (Lipinski definition) is 4. The lowest BCUT2D eigenvalue weighted by Crippen LogP contribution is -2.36. The first-order valence-corrected chi connectivity index (χ1v) is 6.87. The number of hydrogen-bond donors (Lipinski definition) is 0. The molecule has 0 saturated carbocycles. The lowest BCUT2D eigenvalue weighted by atomic mass is 10.2. The quantitative estimate of drug-likeness (QED) is 0.773. The van der Waals surface area contributed by atoms with E-state index in [1.54, 1.807) is 7.11 Å². The summed E-state index contributed by atoms with van der Waals surface area (Å²) in [6.45, 7) is 1.72. The summed E-state index contributed by atoms with van der Waals surface area (Å²) in [6.07, 6.45) is 6.09. The number of methoxy groups -OCH3 is 2. The van der Waals surface area contributed by atoms with Gasteiger partial charge in [-0.25, -0.2) is 0 Å². The largest absolute Gasteiger partial charge is 0.497 e. The Morgan fingerprint density at radius 3 is 2.75 bits per heavy atom. The molecule has 0 aromatic heterocycles. The minimum Gasteiger partial charge on any atom is -0.497 e. The van der Waals surface area contributed by atoms with Crippen molar-refractivity contribution in [2.45, 2.75) is 18.9 Å². The highest BCUT2D eigenvalue weighted by Gasteiger charge is 2.30. The number of carbonyl (C=O) groups is 1. The monoisotopic (exact) mass is 275 g/mol. The third kappa shape index (κ3) is 3.61. The molecule has 1 heterocycles. The van der Waals surface area contributed by atoms with Gasteiger partial charge in [-0.2, -0.15) is 0 Å². The molecule has 4 nitrogen and oxygen atoms in total. The second-order valence-electron chi connectivity index (χ2n) is 4.85. The fourth-order valence-corrected chi connectivity index (χ4v) is 2.49. The van der Waals surface area contributed by atoms with Crippen LogP contribution in [0, 0.1) is 0 Å². The number of rotatable bonds is 5. The van der Waals surface area contributed by atoms with Crippen molar-refractivity contribution >= 4 is 12.0 Å². The molecule has 1 aliphatic heterocycles. The molecule has 0 aliphatic carbocycles. The van der Waals surface area contributed by atoms with Crippen LogP contribution in [-0.2, 0) is 9.53 Å². The summed E-state index contributed by atoms with van der Waals surface area (Å²) in [6, 6.07) is 7.81. The van der Waals surface area contributed by atoms with Crippen molar-refractivity contribution in [2.75, 3.05) is 27.3 Å². The normalized spacial score (nSPS) is 19.4. The van der Waals surface area contributed by atoms with Crippen LogP contribution in [0.5, 0.6) is 5.75 Å². The predicted molar refractivity (Wildman–Crippen MR) is 78.6 cm³/mol. The van der Waals surface area contributed by atoms with E-state index in [0.29, 0.717) is 0 Å². The number of esters is 1. The number of ether oxygens (including phenoxy) is 2. The van der Waals surface area contributed by atoms with Gasteiger partial charge in [0.25, 0.3) is 0 Å². The van der Waals surface area contributed by atoms with E-state index in [2.05, 4.69) is 17.1 Å². The molecule has 1 fully saturated rings. The van der Waals surface area contributed by atoms with Gasteiger partial charge in [0, 0.05) is 6.54 Å². The van der Waals surface area contributed by atoms with Gasteiger partial charge in [-0.3, -0.25) is 9.69 Å². The van der Waals surface area contributed by atoms with Crippen LogP contribution in [0.4, 0.5) is 0 Å². The van der Waals surface area contributed by atoms with E-state index in [-0.39, 0.29) is 12.0 Å². The van der Waals surface area contributed by atoms with Crippen molar-refractivity contribution in [1.82, 2.24) is 4.90 Å². The molecule has 1 saturated heterocycles. The number of nitrogens with zero attached hydrogens (tertiary/aromatic N) is 1. The number of benzene rings is 1. The summed E-state index contributed by atoms with van der Waals surface area (Å²) < 4.78 is 9.96. The number of likely N-dealkylation sites (tertiary alicyclic amines) is 1. The second kappa shape index (κ2) is 7.10. The van der Waals surface area contributed by atoms with Crippen molar-refractivity contribution in [3.8, 4) is 5.75 Å². The summed E-state index contributed by atoms with van der Waals surface area (Å²) in [4.78, 5) is 13.8. The Kier molecular flexibility index (Phi) is 5.18. The minimum absolute atomic E-state index is 0.0829. The van der Waals surface area contributed by atoms with E-state index in [0.717, 1.165) is 37.2 Å². The van der Waals surface area contributed by atoms with Crippen LogP contribution in [0.3, 0.4) is 0 Å². The lowest BCUT2D eigenvalue weighted by Gasteiger charge is -2.20. The molecule has 2 rings (SSSR count). The first kappa shape index (κ1) is 14.6. The molecule has 0 bridgehead atoms. The third-order valence-electron chi connectivity index (χ3n) is 3.60. The van der Waals surface area contributed by atoms with Crippen LogP contribution in [-0.4, -0.2) is 44.2 Å². The van der Waals surface area contributed by atoms with Crippen molar-refractivity contribution in [3.63, 3.8) is 0 Å². The van der Waals surface area contributed by atoms with Crippen molar-refractivity contribution in [2.24, 2.45) is 0 Å². The van der Waals surface area contributed by atoms with Crippen LogP contribution in [0.15, 0.2) is 30.3 Å². The smallest absolute Gasteiger partial charge is 0.323 e. The molecule has 0 spiro atoms. The third-order valence-corrected chi connectivity index (χ3v) is 3.60. The molecular formula is C16H21NO3. The van der Waals surface area contributed by atoms with E-state index in [1.165, 1.54) is 7.11 Å². The maximum atomic E-state index is 11.6. The summed E-state index contributed by atoms with van der Waals surface area (Å²) in [5.74, 6) is 0.729. The SMILES string of the molecule is COC(=O)C1CCCN1C/C=C/c1ccc(OC)cc1.